The maximum Gasteiger partial charge on any atom is 0.255 e. The van der Waals surface area contributed by atoms with Crippen LogP contribution in [0.5, 0.6) is 11.5 Å². The molecule has 0 saturated carbocycles. The average molecular weight is 362 g/mol. The standard InChI is InChI=1S/C22H22N2O3/c1-26-20-8-5-7-16(14-20)22(25)24-19-12-10-18(11-13-19)23-15-17-6-3-4-9-21(17)27-2/h3-14,23H,15H2,1-2H3,(H,24,25). The molecule has 0 saturated heterocycles. The van der Waals surface area contributed by atoms with Gasteiger partial charge in [-0.05, 0) is 48.5 Å². The Hall–Kier alpha value is -3.47. The number of carbonyl (C=O) groups is 1. The third-order valence-electron chi connectivity index (χ3n) is 4.15. The lowest BCUT2D eigenvalue weighted by Crippen LogP contribution is -2.11. The summed E-state index contributed by atoms with van der Waals surface area (Å²) in [6.07, 6.45) is 0. The van der Waals surface area contributed by atoms with Crippen molar-refractivity contribution in [2.75, 3.05) is 24.9 Å². The van der Waals surface area contributed by atoms with Gasteiger partial charge in [0.1, 0.15) is 11.5 Å². The summed E-state index contributed by atoms with van der Waals surface area (Å²) >= 11 is 0. The third-order valence-corrected chi connectivity index (χ3v) is 4.15. The van der Waals surface area contributed by atoms with Gasteiger partial charge >= 0.3 is 0 Å². The van der Waals surface area contributed by atoms with Crippen molar-refractivity contribution in [2.24, 2.45) is 0 Å². The summed E-state index contributed by atoms with van der Waals surface area (Å²) in [5, 5.41) is 6.24. The van der Waals surface area contributed by atoms with Crippen LogP contribution in [0, 0.1) is 0 Å². The van der Waals surface area contributed by atoms with Gasteiger partial charge in [-0.3, -0.25) is 4.79 Å². The van der Waals surface area contributed by atoms with E-state index in [1.165, 1.54) is 0 Å². The van der Waals surface area contributed by atoms with Crippen LogP contribution in [0.25, 0.3) is 0 Å². The highest BCUT2D eigenvalue weighted by Crippen LogP contribution is 2.20. The molecule has 0 radical (unpaired) electrons. The fourth-order valence-corrected chi connectivity index (χ4v) is 2.69. The molecule has 0 aromatic heterocycles. The third kappa shape index (κ3) is 4.79. The maximum atomic E-state index is 12.4. The molecule has 0 heterocycles. The maximum absolute atomic E-state index is 12.4. The van der Waals surface area contributed by atoms with E-state index in [1.54, 1.807) is 38.5 Å². The Morgan fingerprint density at radius 2 is 1.59 bits per heavy atom. The van der Waals surface area contributed by atoms with Crippen LogP contribution in [0.1, 0.15) is 15.9 Å². The number of carbonyl (C=O) groups excluding carboxylic acids is 1. The van der Waals surface area contributed by atoms with Crippen molar-refractivity contribution in [3.63, 3.8) is 0 Å². The van der Waals surface area contributed by atoms with Crippen molar-refractivity contribution in [3.8, 4) is 11.5 Å². The second-order valence-electron chi connectivity index (χ2n) is 5.93. The molecule has 0 bridgehead atoms. The van der Waals surface area contributed by atoms with Crippen LogP contribution in [0.3, 0.4) is 0 Å². The van der Waals surface area contributed by atoms with Gasteiger partial charge in [-0.25, -0.2) is 0 Å². The van der Waals surface area contributed by atoms with Gasteiger partial charge in [0.25, 0.3) is 5.91 Å². The number of nitrogens with one attached hydrogen (secondary N) is 2. The number of methoxy groups -OCH3 is 2. The van der Waals surface area contributed by atoms with Crippen LogP contribution in [-0.4, -0.2) is 20.1 Å². The molecule has 0 fully saturated rings. The molecular formula is C22H22N2O3. The fourth-order valence-electron chi connectivity index (χ4n) is 2.69. The summed E-state index contributed by atoms with van der Waals surface area (Å²) in [6, 6.07) is 22.5. The molecule has 0 unspecified atom stereocenters. The molecule has 2 N–H and O–H groups in total. The molecule has 1 amide bonds. The summed E-state index contributed by atoms with van der Waals surface area (Å²) in [5.41, 5.74) is 3.31. The topological polar surface area (TPSA) is 59.6 Å². The Balaban J connectivity index is 1.60. The zero-order valence-corrected chi connectivity index (χ0v) is 15.4. The Labute approximate surface area is 158 Å². The molecule has 0 atom stereocenters. The van der Waals surface area contributed by atoms with Crippen molar-refractivity contribution in [2.45, 2.75) is 6.54 Å². The van der Waals surface area contributed by atoms with Gasteiger partial charge in [0.05, 0.1) is 14.2 Å². The summed E-state index contributed by atoms with van der Waals surface area (Å²) in [5.74, 6) is 1.33. The van der Waals surface area contributed by atoms with E-state index >= 15 is 0 Å². The van der Waals surface area contributed by atoms with Crippen molar-refractivity contribution in [1.29, 1.82) is 0 Å². The van der Waals surface area contributed by atoms with Crippen LogP contribution < -0.4 is 20.1 Å². The van der Waals surface area contributed by atoms with Crippen LogP contribution in [0.2, 0.25) is 0 Å². The number of amides is 1. The largest absolute Gasteiger partial charge is 0.497 e. The van der Waals surface area contributed by atoms with Crippen LogP contribution in [-0.2, 0) is 6.54 Å². The first kappa shape index (κ1) is 18.3. The Morgan fingerprint density at radius 1 is 0.852 bits per heavy atom. The molecule has 27 heavy (non-hydrogen) atoms. The van der Waals surface area contributed by atoms with Gasteiger partial charge in [0, 0.05) is 29.0 Å². The highest BCUT2D eigenvalue weighted by molar-refractivity contribution is 6.04. The quantitative estimate of drug-likeness (QED) is 0.646. The molecule has 3 aromatic rings. The Bertz CT molecular complexity index is 907. The van der Waals surface area contributed by atoms with Gasteiger partial charge in [-0.1, -0.05) is 24.3 Å². The molecular weight excluding hydrogens is 340 g/mol. The average Bonchev–Trinajstić information content (AvgIpc) is 2.73. The van der Waals surface area contributed by atoms with Crippen LogP contribution in [0.4, 0.5) is 11.4 Å². The predicted octanol–water partition coefficient (Wildman–Crippen LogP) is 4.57. The minimum absolute atomic E-state index is 0.177. The van der Waals surface area contributed by atoms with E-state index in [0.29, 0.717) is 17.9 Å². The minimum atomic E-state index is -0.177. The normalized spacial score (nSPS) is 10.1. The number of anilines is 2. The lowest BCUT2D eigenvalue weighted by molar-refractivity contribution is 0.102. The first-order valence-electron chi connectivity index (χ1n) is 8.61. The number of hydrogen-bond donors (Lipinski definition) is 2. The van der Waals surface area contributed by atoms with E-state index in [9.17, 15) is 4.79 Å². The van der Waals surface area contributed by atoms with E-state index in [-0.39, 0.29) is 5.91 Å². The number of benzene rings is 3. The summed E-state index contributed by atoms with van der Waals surface area (Å²) in [7, 11) is 3.24. The lowest BCUT2D eigenvalue weighted by Gasteiger charge is -2.11. The smallest absolute Gasteiger partial charge is 0.255 e. The van der Waals surface area contributed by atoms with E-state index in [2.05, 4.69) is 10.6 Å². The first-order chi connectivity index (χ1) is 13.2. The van der Waals surface area contributed by atoms with Crippen LogP contribution >= 0.6 is 0 Å². The number of hydrogen-bond acceptors (Lipinski definition) is 4. The Morgan fingerprint density at radius 3 is 2.33 bits per heavy atom. The zero-order valence-electron chi connectivity index (χ0n) is 15.4. The molecule has 0 aliphatic rings. The highest BCUT2D eigenvalue weighted by Gasteiger charge is 2.07. The van der Waals surface area contributed by atoms with Crippen molar-refractivity contribution < 1.29 is 14.3 Å². The molecule has 5 nitrogen and oxygen atoms in total. The molecule has 5 heteroatoms. The van der Waals surface area contributed by atoms with Gasteiger partial charge in [-0.15, -0.1) is 0 Å². The second kappa shape index (κ2) is 8.76. The first-order valence-corrected chi connectivity index (χ1v) is 8.61. The van der Waals surface area contributed by atoms with Crippen molar-refractivity contribution in [1.82, 2.24) is 0 Å². The van der Waals surface area contributed by atoms with Gasteiger partial charge < -0.3 is 20.1 Å². The summed E-state index contributed by atoms with van der Waals surface area (Å²) < 4.78 is 10.5. The zero-order chi connectivity index (χ0) is 19.1. The minimum Gasteiger partial charge on any atom is -0.497 e. The molecule has 0 spiro atoms. The highest BCUT2D eigenvalue weighted by atomic mass is 16.5. The number of para-hydroxylation sites is 1. The number of ether oxygens (including phenoxy) is 2. The molecule has 138 valence electrons. The second-order valence-corrected chi connectivity index (χ2v) is 5.93. The van der Waals surface area contributed by atoms with E-state index in [1.807, 2.05) is 48.5 Å². The van der Waals surface area contributed by atoms with E-state index in [0.717, 1.165) is 22.7 Å². The van der Waals surface area contributed by atoms with Crippen molar-refractivity contribution in [3.05, 3.63) is 83.9 Å². The number of rotatable bonds is 7. The SMILES string of the molecule is COc1cccc(C(=O)Nc2ccc(NCc3ccccc3OC)cc2)c1. The van der Waals surface area contributed by atoms with Crippen molar-refractivity contribution >= 4 is 17.3 Å². The van der Waals surface area contributed by atoms with E-state index in [4.69, 9.17) is 9.47 Å². The molecule has 0 aliphatic heterocycles. The monoisotopic (exact) mass is 362 g/mol. The van der Waals surface area contributed by atoms with Gasteiger partial charge in [0.15, 0.2) is 0 Å². The van der Waals surface area contributed by atoms with Gasteiger partial charge in [-0.2, -0.15) is 0 Å². The fraction of sp³-hybridized carbons (Fsp3) is 0.136. The molecule has 3 rings (SSSR count). The van der Waals surface area contributed by atoms with E-state index < -0.39 is 0 Å². The van der Waals surface area contributed by atoms with Crippen LogP contribution in [0.15, 0.2) is 72.8 Å². The predicted molar refractivity (Wildman–Crippen MR) is 108 cm³/mol. The lowest BCUT2D eigenvalue weighted by atomic mass is 10.2. The Kier molecular flexibility index (Phi) is 5.94. The van der Waals surface area contributed by atoms with Gasteiger partial charge in [0.2, 0.25) is 0 Å². The summed E-state index contributed by atoms with van der Waals surface area (Å²) in [6.45, 7) is 0.652. The summed E-state index contributed by atoms with van der Waals surface area (Å²) in [4.78, 5) is 12.4. The molecule has 3 aromatic carbocycles. The molecule has 0 aliphatic carbocycles.